The highest BCUT2D eigenvalue weighted by atomic mass is 19.1. The van der Waals surface area contributed by atoms with Gasteiger partial charge in [-0.2, -0.15) is 0 Å². The summed E-state index contributed by atoms with van der Waals surface area (Å²) in [5.41, 5.74) is 1.49. The van der Waals surface area contributed by atoms with Crippen molar-refractivity contribution in [2.24, 2.45) is 4.99 Å². The molecule has 0 atom stereocenters. The molecule has 1 heterocycles. The highest BCUT2D eigenvalue weighted by Crippen LogP contribution is 2.34. The molecule has 1 N–H and O–H groups in total. The van der Waals surface area contributed by atoms with Gasteiger partial charge in [0.15, 0.2) is 17.1 Å². The number of ether oxygens (including phenoxy) is 1. The van der Waals surface area contributed by atoms with Crippen molar-refractivity contribution in [2.75, 3.05) is 7.11 Å². The maximum Gasteiger partial charge on any atom is 0.274 e. The number of hydrogen-bond donors (Lipinski definition) is 1. The van der Waals surface area contributed by atoms with Gasteiger partial charge in [-0.1, -0.05) is 12.1 Å². The van der Waals surface area contributed by atoms with Crippen LogP contribution in [0.25, 0.3) is 22.6 Å². The number of aromatic hydroxyl groups is 1. The Hall–Kier alpha value is -4.27. The van der Waals surface area contributed by atoms with E-state index >= 15 is 0 Å². The Bertz CT molecular complexity index is 1300. The van der Waals surface area contributed by atoms with Crippen LogP contribution in [0.1, 0.15) is 5.56 Å². The molecule has 4 rings (SSSR count). The van der Waals surface area contributed by atoms with E-state index in [0.717, 1.165) is 6.07 Å². The number of benzene rings is 3. The third-order valence-corrected chi connectivity index (χ3v) is 4.35. The Morgan fingerprint density at radius 3 is 2.77 bits per heavy atom. The minimum absolute atomic E-state index is 0.0351. The normalized spacial score (nSPS) is 11.3. The van der Waals surface area contributed by atoms with Crippen LogP contribution in [0.5, 0.6) is 11.5 Å². The lowest BCUT2D eigenvalue weighted by molar-refractivity contribution is -0.385. The molecule has 1 aromatic heterocycles. The molecule has 8 nitrogen and oxygen atoms in total. The maximum absolute atomic E-state index is 14.0. The predicted molar refractivity (Wildman–Crippen MR) is 108 cm³/mol. The SMILES string of the molecule is COc1cc([N+](=O)[O-])cc(C=Nc2ccc3oc(-c4ccccc4F)nc3c2)c1O. The van der Waals surface area contributed by atoms with Gasteiger partial charge in [-0.15, -0.1) is 0 Å². The number of rotatable bonds is 5. The summed E-state index contributed by atoms with van der Waals surface area (Å²) < 4.78 is 24.6. The van der Waals surface area contributed by atoms with Gasteiger partial charge < -0.3 is 14.3 Å². The summed E-state index contributed by atoms with van der Waals surface area (Å²) in [6.45, 7) is 0. The van der Waals surface area contributed by atoms with E-state index < -0.39 is 10.7 Å². The van der Waals surface area contributed by atoms with Crippen LogP contribution >= 0.6 is 0 Å². The number of aliphatic imine (C=N–C) groups is 1. The smallest absolute Gasteiger partial charge is 0.274 e. The topological polar surface area (TPSA) is 111 Å². The molecule has 0 fully saturated rings. The first-order valence-electron chi connectivity index (χ1n) is 8.71. The number of methoxy groups -OCH3 is 1. The fourth-order valence-corrected chi connectivity index (χ4v) is 2.86. The number of nitro groups is 1. The molecule has 0 saturated heterocycles. The van der Waals surface area contributed by atoms with Crippen LogP contribution in [0.15, 0.2) is 64.0 Å². The lowest BCUT2D eigenvalue weighted by Crippen LogP contribution is -1.94. The maximum atomic E-state index is 14.0. The lowest BCUT2D eigenvalue weighted by Gasteiger charge is -2.05. The van der Waals surface area contributed by atoms with Gasteiger partial charge >= 0.3 is 0 Å². The highest BCUT2D eigenvalue weighted by molar-refractivity contribution is 5.89. The van der Waals surface area contributed by atoms with E-state index in [1.165, 1.54) is 25.5 Å². The van der Waals surface area contributed by atoms with Gasteiger partial charge in [-0.05, 0) is 30.3 Å². The summed E-state index contributed by atoms with van der Waals surface area (Å²) in [5, 5.41) is 21.3. The van der Waals surface area contributed by atoms with Crippen molar-refractivity contribution >= 4 is 28.7 Å². The average molecular weight is 407 g/mol. The quantitative estimate of drug-likeness (QED) is 0.283. The summed E-state index contributed by atoms with van der Waals surface area (Å²) in [5.74, 6) is -0.606. The summed E-state index contributed by atoms with van der Waals surface area (Å²) in [4.78, 5) is 19.0. The summed E-state index contributed by atoms with van der Waals surface area (Å²) in [6.07, 6.45) is 1.28. The van der Waals surface area contributed by atoms with Crippen LogP contribution in [-0.4, -0.2) is 28.3 Å². The molecule has 4 aromatic rings. The second-order valence-corrected chi connectivity index (χ2v) is 6.25. The molecule has 0 spiro atoms. The van der Waals surface area contributed by atoms with Gasteiger partial charge in [0, 0.05) is 17.8 Å². The minimum atomic E-state index is -0.592. The van der Waals surface area contributed by atoms with Crippen LogP contribution < -0.4 is 4.74 Å². The van der Waals surface area contributed by atoms with Crippen molar-refractivity contribution < 1.29 is 23.6 Å². The van der Waals surface area contributed by atoms with Crippen molar-refractivity contribution in [3.8, 4) is 23.0 Å². The number of phenolic OH excluding ortho intramolecular Hbond substituents is 1. The molecule has 3 aromatic carbocycles. The molecule has 9 heteroatoms. The average Bonchev–Trinajstić information content (AvgIpc) is 3.16. The molecule has 0 aliphatic rings. The van der Waals surface area contributed by atoms with E-state index in [2.05, 4.69) is 9.98 Å². The number of nitrogens with zero attached hydrogens (tertiary/aromatic N) is 3. The first-order valence-corrected chi connectivity index (χ1v) is 8.71. The largest absolute Gasteiger partial charge is 0.504 e. The number of halogens is 1. The highest BCUT2D eigenvalue weighted by Gasteiger charge is 2.16. The molecule has 0 saturated carbocycles. The van der Waals surface area contributed by atoms with E-state index in [0.29, 0.717) is 16.8 Å². The second-order valence-electron chi connectivity index (χ2n) is 6.25. The Morgan fingerprint density at radius 2 is 2.03 bits per heavy atom. The van der Waals surface area contributed by atoms with Crippen LogP contribution in [0.2, 0.25) is 0 Å². The molecule has 0 unspecified atom stereocenters. The number of hydrogen-bond acceptors (Lipinski definition) is 7. The van der Waals surface area contributed by atoms with Crippen molar-refractivity contribution in [3.05, 3.63) is 76.1 Å². The number of fused-ring (bicyclic) bond motifs is 1. The molecule has 0 aliphatic heterocycles. The third kappa shape index (κ3) is 3.55. The fraction of sp³-hybridized carbons (Fsp3) is 0.0476. The summed E-state index contributed by atoms with van der Waals surface area (Å²) in [7, 11) is 1.30. The molecule has 0 bridgehead atoms. The fourth-order valence-electron chi connectivity index (χ4n) is 2.86. The van der Waals surface area contributed by atoms with Crippen LogP contribution in [0.4, 0.5) is 15.8 Å². The Kier molecular flexibility index (Phi) is 4.85. The first-order chi connectivity index (χ1) is 14.5. The van der Waals surface area contributed by atoms with Gasteiger partial charge in [0.1, 0.15) is 11.3 Å². The Labute approximate surface area is 169 Å². The number of phenols is 1. The lowest BCUT2D eigenvalue weighted by atomic mass is 10.1. The minimum Gasteiger partial charge on any atom is -0.504 e. The van der Waals surface area contributed by atoms with E-state index in [-0.39, 0.29) is 34.2 Å². The molecule has 0 radical (unpaired) electrons. The molecule has 30 heavy (non-hydrogen) atoms. The molecule has 0 aliphatic carbocycles. The monoisotopic (exact) mass is 407 g/mol. The van der Waals surface area contributed by atoms with Crippen molar-refractivity contribution in [1.82, 2.24) is 4.98 Å². The number of oxazole rings is 1. The van der Waals surface area contributed by atoms with E-state index in [9.17, 15) is 19.6 Å². The number of aromatic nitrogens is 1. The summed E-state index contributed by atoms with van der Waals surface area (Å²) in [6, 6.07) is 13.3. The van der Waals surface area contributed by atoms with Gasteiger partial charge in [0.25, 0.3) is 5.69 Å². The first kappa shape index (κ1) is 19.1. The van der Waals surface area contributed by atoms with Gasteiger partial charge in [-0.25, -0.2) is 9.37 Å². The Morgan fingerprint density at radius 1 is 1.23 bits per heavy atom. The van der Waals surface area contributed by atoms with E-state index in [1.807, 2.05) is 0 Å². The van der Waals surface area contributed by atoms with E-state index in [4.69, 9.17) is 9.15 Å². The van der Waals surface area contributed by atoms with Crippen molar-refractivity contribution in [1.29, 1.82) is 0 Å². The zero-order chi connectivity index (χ0) is 21.3. The molecular formula is C21H14FN3O5. The zero-order valence-corrected chi connectivity index (χ0v) is 15.6. The Balaban J connectivity index is 1.69. The van der Waals surface area contributed by atoms with Crippen molar-refractivity contribution in [3.63, 3.8) is 0 Å². The van der Waals surface area contributed by atoms with Gasteiger partial charge in [0.2, 0.25) is 5.89 Å². The van der Waals surface area contributed by atoms with Crippen LogP contribution in [0.3, 0.4) is 0 Å². The van der Waals surface area contributed by atoms with Crippen LogP contribution in [0, 0.1) is 15.9 Å². The molecular weight excluding hydrogens is 393 g/mol. The molecule has 150 valence electrons. The van der Waals surface area contributed by atoms with Crippen molar-refractivity contribution in [2.45, 2.75) is 0 Å². The predicted octanol–water partition coefficient (Wildman–Crippen LogP) is 5.01. The summed E-state index contributed by atoms with van der Waals surface area (Å²) >= 11 is 0. The number of non-ortho nitro benzene ring substituents is 1. The zero-order valence-electron chi connectivity index (χ0n) is 15.6. The van der Waals surface area contributed by atoms with Crippen LogP contribution in [-0.2, 0) is 0 Å². The van der Waals surface area contributed by atoms with E-state index in [1.54, 1.807) is 36.4 Å². The molecule has 0 amide bonds. The van der Waals surface area contributed by atoms with Gasteiger partial charge in [0.05, 0.1) is 29.4 Å². The number of nitro benzene ring substituents is 1. The third-order valence-electron chi connectivity index (χ3n) is 4.35. The second kappa shape index (κ2) is 7.63. The van der Waals surface area contributed by atoms with Gasteiger partial charge in [-0.3, -0.25) is 15.1 Å². The standard InChI is InChI=1S/C21H14FN3O5/c1-29-19-10-14(25(27)28)8-12(20(19)26)11-23-13-6-7-18-17(9-13)24-21(30-18)15-4-2-3-5-16(15)22/h2-11,26H,1H3.